The highest BCUT2D eigenvalue weighted by molar-refractivity contribution is 5.91. The molecule has 0 heterocycles. The maximum Gasteiger partial charge on any atom is 0.244 e. The zero-order valence-electron chi connectivity index (χ0n) is 14.3. The quantitative estimate of drug-likeness (QED) is 0.791. The van der Waals surface area contributed by atoms with Gasteiger partial charge in [0, 0.05) is 12.6 Å². The fourth-order valence-electron chi connectivity index (χ4n) is 2.34. The first-order valence-corrected chi connectivity index (χ1v) is 7.87. The minimum Gasteiger partial charge on any atom is -0.493 e. The van der Waals surface area contributed by atoms with E-state index in [1.807, 2.05) is 36.4 Å². The first-order valence-electron chi connectivity index (χ1n) is 7.87. The SMILES string of the molecule is COc1ccc(/C=C/C(=O)NC[C@@H](C)c2ccccc2)cc1OC. The predicted octanol–water partition coefficient (Wildman–Crippen LogP) is 3.64. The molecule has 0 bridgehead atoms. The van der Waals surface area contributed by atoms with Crippen molar-refractivity contribution in [2.24, 2.45) is 0 Å². The summed E-state index contributed by atoms with van der Waals surface area (Å²) in [5.41, 5.74) is 2.08. The Kier molecular flexibility index (Phi) is 6.43. The minimum atomic E-state index is -0.118. The zero-order chi connectivity index (χ0) is 17.4. The molecule has 0 aliphatic heterocycles. The van der Waals surface area contributed by atoms with Crippen molar-refractivity contribution in [2.75, 3.05) is 20.8 Å². The number of carbonyl (C=O) groups is 1. The lowest BCUT2D eigenvalue weighted by Crippen LogP contribution is -2.25. The van der Waals surface area contributed by atoms with E-state index in [-0.39, 0.29) is 11.8 Å². The maximum absolute atomic E-state index is 12.0. The van der Waals surface area contributed by atoms with E-state index in [9.17, 15) is 4.79 Å². The Morgan fingerprint density at radius 1 is 1.08 bits per heavy atom. The Hall–Kier alpha value is -2.75. The van der Waals surface area contributed by atoms with Crippen LogP contribution >= 0.6 is 0 Å². The van der Waals surface area contributed by atoms with Gasteiger partial charge < -0.3 is 14.8 Å². The molecule has 24 heavy (non-hydrogen) atoms. The molecule has 0 radical (unpaired) electrons. The van der Waals surface area contributed by atoms with E-state index in [1.165, 1.54) is 11.6 Å². The van der Waals surface area contributed by atoms with Gasteiger partial charge >= 0.3 is 0 Å². The molecule has 126 valence electrons. The number of carbonyl (C=O) groups excluding carboxylic acids is 1. The van der Waals surface area contributed by atoms with Crippen LogP contribution in [0.3, 0.4) is 0 Å². The largest absolute Gasteiger partial charge is 0.493 e. The summed E-state index contributed by atoms with van der Waals surface area (Å²) in [6.07, 6.45) is 3.28. The number of rotatable bonds is 7. The van der Waals surface area contributed by atoms with E-state index in [4.69, 9.17) is 9.47 Å². The zero-order valence-corrected chi connectivity index (χ0v) is 14.3. The van der Waals surface area contributed by atoms with Crippen LogP contribution in [0.15, 0.2) is 54.6 Å². The molecule has 4 heteroatoms. The van der Waals surface area contributed by atoms with Crippen LogP contribution in [-0.2, 0) is 4.79 Å². The van der Waals surface area contributed by atoms with Crippen LogP contribution < -0.4 is 14.8 Å². The van der Waals surface area contributed by atoms with Gasteiger partial charge in [-0.3, -0.25) is 4.79 Å². The summed E-state index contributed by atoms with van der Waals surface area (Å²) in [6, 6.07) is 15.6. The van der Waals surface area contributed by atoms with E-state index < -0.39 is 0 Å². The Bertz CT molecular complexity index is 695. The summed E-state index contributed by atoms with van der Waals surface area (Å²) in [7, 11) is 3.18. The predicted molar refractivity (Wildman–Crippen MR) is 96.4 cm³/mol. The maximum atomic E-state index is 12.0. The lowest BCUT2D eigenvalue weighted by atomic mass is 10.0. The second-order valence-electron chi connectivity index (χ2n) is 5.50. The highest BCUT2D eigenvalue weighted by atomic mass is 16.5. The van der Waals surface area contributed by atoms with Crippen LogP contribution in [0.2, 0.25) is 0 Å². The van der Waals surface area contributed by atoms with Crippen LogP contribution in [0, 0.1) is 0 Å². The van der Waals surface area contributed by atoms with Crippen LogP contribution in [0.5, 0.6) is 11.5 Å². The van der Waals surface area contributed by atoms with Crippen LogP contribution in [-0.4, -0.2) is 26.7 Å². The average Bonchev–Trinajstić information content (AvgIpc) is 2.64. The second kappa shape index (κ2) is 8.77. The van der Waals surface area contributed by atoms with Crippen LogP contribution in [0.25, 0.3) is 6.08 Å². The molecule has 2 rings (SSSR count). The normalized spacial score (nSPS) is 12.0. The van der Waals surface area contributed by atoms with Gasteiger partial charge in [-0.25, -0.2) is 0 Å². The second-order valence-corrected chi connectivity index (χ2v) is 5.50. The van der Waals surface area contributed by atoms with Crippen molar-refractivity contribution in [1.82, 2.24) is 5.32 Å². The highest BCUT2D eigenvalue weighted by Gasteiger charge is 2.06. The molecule has 2 aromatic carbocycles. The van der Waals surface area contributed by atoms with Crippen LogP contribution in [0.1, 0.15) is 24.0 Å². The third kappa shape index (κ3) is 4.88. The Morgan fingerprint density at radius 2 is 1.79 bits per heavy atom. The molecule has 0 spiro atoms. The average molecular weight is 325 g/mol. The summed E-state index contributed by atoms with van der Waals surface area (Å²) < 4.78 is 10.4. The van der Waals surface area contributed by atoms with Gasteiger partial charge in [0.1, 0.15) is 0 Å². The van der Waals surface area contributed by atoms with Crippen LogP contribution in [0.4, 0.5) is 0 Å². The summed E-state index contributed by atoms with van der Waals surface area (Å²) in [5.74, 6) is 1.45. The standard InChI is InChI=1S/C20H23NO3/c1-15(17-7-5-4-6-8-17)14-21-20(22)12-10-16-9-11-18(23-2)19(13-16)24-3/h4-13,15H,14H2,1-3H3,(H,21,22)/b12-10+/t15-/m1/s1. The first kappa shape index (κ1) is 17.6. The molecule has 1 amide bonds. The fraction of sp³-hybridized carbons (Fsp3) is 0.250. The Labute approximate surface area is 143 Å². The van der Waals surface area contributed by atoms with Gasteiger partial charge in [0.2, 0.25) is 5.91 Å². The van der Waals surface area contributed by atoms with Gasteiger partial charge in [-0.1, -0.05) is 43.3 Å². The smallest absolute Gasteiger partial charge is 0.244 e. The fourth-order valence-corrected chi connectivity index (χ4v) is 2.34. The molecule has 0 saturated carbocycles. The van der Waals surface area contributed by atoms with E-state index >= 15 is 0 Å². The van der Waals surface area contributed by atoms with Crippen molar-refractivity contribution in [1.29, 1.82) is 0 Å². The number of benzene rings is 2. The molecule has 0 aliphatic carbocycles. The molecule has 0 fully saturated rings. The van der Waals surface area contributed by atoms with Gasteiger partial charge in [0.05, 0.1) is 14.2 Å². The molecule has 0 unspecified atom stereocenters. The van der Waals surface area contributed by atoms with E-state index in [1.54, 1.807) is 20.3 Å². The molecule has 0 aliphatic rings. The molecule has 2 aromatic rings. The molecular weight excluding hydrogens is 302 g/mol. The number of hydrogen-bond donors (Lipinski definition) is 1. The first-order chi connectivity index (χ1) is 11.6. The summed E-state index contributed by atoms with van der Waals surface area (Å²) in [4.78, 5) is 12.0. The molecule has 0 aromatic heterocycles. The lowest BCUT2D eigenvalue weighted by Gasteiger charge is -2.12. The Morgan fingerprint density at radius 3 is 2.46 bits per heavy atom. The van der Waals surface area contributed by atoms with Gasteiger partial charge in [-0.05, 0) is 35.3 Å². The van der Waals surface area contributed by atoms with Crippen molar-refractivity contribution in [3.63, 3.8) is 0 Å². The molecule has 1 atom stereocenters. The Balaban J connectivity index is 1.91. The van der Waals surface area contributed by atoms with Gasteiger partial charge in [0.15, 0.2) is 11.5 Å². The minimum absolute atomic E-state index is 0.118. The van der Waals surface area contributed by atoms with Crippen molar-refractivity contribution >= 4 is 12.0 Å². The summed E-state index contributed by atoms with van der Waals surface area (Å²) in [6.45, 7) is 2.69. The van der Waals surface area contributed by atoms with Gasteiger partial charge in [-0.2, -0.15) is 0 Å². The van der Waals surface area contributed by atoms with Crippen molar-refractivity contribution in [3.05, 3.63) is 65.7 Å². The molecule has 0 saturated heterocycles. The van der Waals surface area contributed by atoms with E-state index in [0.717, 1.165) is 5.56 Å². The van der Waals surface area contributed by atoms with Crippen molar-refractivity contribution in [2.45, 2.75) is 12.8 Å². The highest BCUT2D eigenvalue weighted by Crippen LogP contribution is 2.27. The van der Waals surface area contributed by atoms with Gasteiger partial charge in [-0.15, -0.1) is 0 Å². The molecular formula is C20H23NO3. The van der Waals surface area contributed by atoms with E-state index in [0.29, 0.717) is 18.0 Å². The monoisotopic (exact) mass is 325 g/mol. The van der Waals surface area contributed by atoms with E-state index in [2.05, 4.69) is 24.4 Å². The van der Waals surface area contributed by atoms with Crippen molar-refractivity contribution < 1.29 is 14.3 Å². The molecule has 1 N–H and O–H groups in total. The summed E-state index contributed by atoms with van der Waals surface area (Å²) in [5, 5.41) is 2.92. The number of nitrogens with one attached hydrogen (secondary N) is 1. The topological polar surface area (TPSA) is 47.6 Å². The number of ether oxygens (including phenoxy) is 2. The summed E-state index contributed by atoms with van der Waals surface area (Å²) >= 11 is 0. The van der Waals surface area contributed by atoms with Gasteiger partial charge in [0.25, 0.3) is 0 Å². The lowest BCUT2D eigenvalue weighted by molar-refractivity contribution is -0.116. The third-order valence-electron chi connectivity index (χ3n) is 3.79. The number of hydrogen-bond acceptors (Lipinski definition) is 3. The number of amides is 1. The third-order valence-corrected chi connectivity index (χ3v) is 3.79. The number of methoxy groups -OCH3 is 2. The molecule has 4 nitrogen and oxygen atoms in total. The van der Waals surface area contributed by atoms with Crippen molar-refractivity contribution in [3.8, 4) is 11.5 Å².